The van der Waals surface area contributed by atoms with Gasteiger partial charge in [-0.25, -0.2) is 4.79 Å². The first-order chi connectivity index (χ1) is 8.52. The number of aromatic amines is 1. The van der Waals surface area contributed by atoms with Crippen molar-refractivity contribution >= 4 is 0 Å². The van der Waals surface area contributed by atoms with E-state index in [4.69, 9.17) is 15.6 Å². The lowest BCUT2D eigenvalue weighted by Gasteiger charge is -2.20. The minimum absolute atomic E-state index is 0.313. The molecule has 1 fully saturated rings. The van der Waals surface area contributed by atoms with Crippen LogP contribution in [-0.4, -0.2) is 44.6 Å². The number of rotatable bonds is 3. The van der Waals surface area contributed by atoms with Crippen molar-refractivity contribution in [2.24, 2.45) is 5.73 Å². The number of ether oxygens (including phenoxy) is 1. The summed E-state index contributed by atoms with van der Waals surface area (Å²) in [5.74, 6) is 0. The van der Waals surface area contributed by atoms with Crippen LogP contribution in [0.2, 0.25) is 0 Å². The molecule has 1 aliphatic heterocycles. The Morgan fingerprint density at radius 1 is 1.61 bits per heavy atom. The van der Waals surface area contributed by atoms with Crippen LogP contribution in [0.5, 0.6) is 0 Å². The lowest BCUT2D eigenvalue weighted by molar-refractivity contribution is -0.0781. The number of nitrogens with two attached hydrogens (primary N) is 1. The van der Waals surface area contributed by atoms with Crippen molar-refractivity contribution in [1.82, 2.24) is 9.55 Å². The minimum atomic E-state index is -1.09. The molecular weight excluding hydrogens is 242 g/mol. The van der Waals surface area contributed by atoms with E-state index >= 15 is 0 Å². The second-order valence-corrected chi connectivity index (χ2v) is 4.22. The van der Waals surface area contributed by atoms with Crippen molar-refractivity contribution < 1.29 is 14.9 Å². The van der Waals surface area contributed by atoms with Crippen molar-refractivity contribution in [2.45, 2.75) is 30.9 Å². The number of nitrogens with zero attached hydrogens (tertiary/aromatic N) is 1. The molecule has 2 rings (SSSR count). The lowest BCUT2D eigenvalue weighted by atomic mass is 10.1. The van der Waals surface area contributed by atoms with E-state index in [-0.39, 0.29) is 0 Å². The van der Waals surface area contributed by atoms with Crippen LogP contribution in [-0.2, 0) is 4.74 Å². The molecule has 4 atom stereocenters. The van der Waals surface area contributed by atoms with E-state index in [1.54, 1.807) is 0 Å². The minimum Gasteiger partial charge on any atom is -0.394 e. The van der Waals surface area contributed by atoms with Crippen LogP contribution in [0.1, 0.15) is 12.6 Å². The molecule has 0 spiro atoms. The largest absolute Gasteiger partial charge is 0.394 e. The van der Waals surface area contributed by atoms with Gasteiger partial charge in [-0.1, -0.05) is 0 Å². The number of hydrogen-bond donors (Lipinski definition) is 4. The average Bonchev–Trinajstić information content (AvgIpc) is 2.70. The summed E-state index contributed by atoms with van der Waals surface area (Å²) in [6.07, 6.45) is -0.863. The highest BCUT2D eigenvalue weighted by molar-refractivity contribution is 4.91. The van der Waals surface area contributed by atoms with Gasteiger partial charge in [-0.3, -0.25) is 14.3 Å². The molecule has 8 heteroatoms. The topological polar surface area (TPSA) is 131 Å². The van der Waals surface area contributed by atoms with Crippen LogP contribution in [0.25, 0.3) is 0 Å². The predicted molar refractivity (Wildman–Crippen MR) is 60.9 cm³/mol. The summed E-state index contributed by atoms with van der Waals surface area (Å²) in [7, 11) is 0. The molecular formula is C10H15N3O5. The van der Waals surface area contributed by atoms with Crippen molar-refractivity contribution in [3.05, 3.63) is 33.1 Å². The molecule has 1 aromatic heterocycles. The van der Waals surface area contributed by atoms with E-state index in [0.29, 0.717) is 6.42 Å². The molecule has 1 aliphatic rings. The maximum atomic E-state index is 11.6. The summed E-state index contributed by atoms with van der Waals surface area (Å²) >= 11 is 0. The first-order valence-corrected chi connectivity index (χ1v) is 5.54. The molecule has 1 saturated heterocycles. The molecule has 0 aliphatic carbocycles. The van der Waals surface area contributed by atoms with Crippen LogP contribution in [0.3, 0.4) is 0 Å². The van der Waals surface area contributed by atoms with E-state index in [1.807, 2.05) is 0 Å². The Kier molecular flexibility index (Phi) is 3.62. The molecule has 8 nitrogen and oxygen atoms in total. The maximum absolute atomic E-state index is 11.6. The van der Waals surface area contributed by atoms with Crippen LogP contribution in [0.15, 0.2) is 21.9 Å². The van der Waals surface area contributed by atoms with Gasteiger partial charge in [0.2, 0.25) is 0 Å². The van der Waals surface area contributed by atoms with Gasteiger partial charge in [-0.2, -0.15) is 0 Å². The zero-order valence-corrected chi connectivity index (χ0v) is 9.52. The summed E-state index contributed by atoms with van der Waals surface area (Å²) in [6.45, 7) is -0.467. The molecule has 0 saturated carbocycles. The zero-order chi connectivity index (χ0) is 13.3. The number of aliphatic hydroxyl groups is 2. The number of aliphatic hydroxyl groups excluding tert-OH is 2. The highest BCUT2D eigenvalue weighted by atomic mass is 16.5. The Bertz CT molecular complexity index is 525. The summed E-state index contributed by atoms with van der Waals surface area (Å²) < 4.78 is 6.64. The van der Waals surface area contributed by atoms with Gasteiger partial charge in [0.25, 0.3) is 5.56 Å². The first kappa shape index (κ1) is 13.0. The quantitative estimate of drug-likeness (QED) is 0.473. The van der Waals surface area contributed by atoms with Gasteiger partial charge in [0, 0.05) is 24.7 Å². The SMILES string of the molecule is N[C@H]1C[C@H](n2ccc(=O)[nH]c2=O)OC1[C@H](O)CO. The van der Waals surface area contributed by atoms with Crippen LogP contribution in [0, 0.1) is 0 Å². The molecule has 1 aromatic rings. The Hall–Kier alpha value is -1.48. The molecule has 2 heterocycles. The second kappa shape index (κ2) is 5.02. The molecule has 0 bridgehead atoms. The molecule has 0 aromatic carbocycles. The Morgan fingerprint density at radius 3 is 2.94 bits per heavy atom. The van der Waals surface area contributed by atoms with Gasteiger partial charge in [-0.05, 0) is 0 Å². The van der Waals surface area contributed by atoms with Gasteiger partial charge in [-0.15, -0.1) is 0 Å². The summed E-state index contributed by atoms with van der Waals surface area (Å²) in [5, 5.41) is 18.4. The van der Waals surface area contributed by atoms with Crippen molar-refractivity contribution in [2.75, 3.05) is 6.61 Å². The van der Waals surface area contributed by atoms with E-state index in [1.165, 1.54) is 16.8 Å². The van der Waals surface area contributed by atoms with E-state index < -0.39 is 42.3 Å². The molecule has 100 valence electrons. The van der Waals surface area contributed by atoms with E-state index in [2.05, 4.69) is 4.98 Å². The van der Waals surface area contributed by atoms with Crippen LogP contribution in [0.4, 0.5) is 0 Å². The number of hydrogen-bond acceptors (Lipinski definition) is 6. The Morgan fingerprint density at radius 2 is 2.33 bits per heavy atom. The maximum Gasteiger partial charge on any atom is 0.330 e. The summed E-state index contributed by atoms with van der Waals surface area (Å²) in [5.41, 5.74) is 4.69. The Labute approximate surface area is 102 Å². The van der Waals surface area contributed by atoms with Crippen LogP contribution >= 0.6 is 0 Å². The highest BCUT2D eigenvalue weighted by Crippen LogP contribution is 2.27. The Balaban J connectivity index is 2.22. The third-order valence-corrected chi connectivity index (χ3v) is 2.94. The summed E-state index contributed by atoms with van der Waals surface area (Å²) in [4.78, 5) is 24.6. The fourth-order valence-corrected chi connectivity index (χ4v) is 2.02. The monoisotopic (exact) mass is 257 g/mol. The smallest absolute Gasteiger partial charge is 0.330 e. The van der Waals surface area contributed by atoms with Gasteiger partial charge in [0.15, 0.2) is 0 Å². The molecule has 5 N–H and O–H groups in total. The first-order valence-electron chi connectivity index (χ1n) is 5.54. The van der Waals surface area contributed by atoms with Gasteiger partial charge >= 0.3 is 5.69 Å². The molecule has 1 unspecified atom stereocenters. The van der Waals surface area contributed by atoms with E-state index in [0.717, 1.165) is 0 Å². The highest BCUT2D eigenvalue weighted by Gasteiger charge is 2.38. The number of nitrogens with one attached hydrogen (secondary N) is 1. The molecule has 0 radical (unpaired) electrons. The van der Waals surface area contributed by atoms with Crippen LogP contribution < -0.4 is 17.0 Å². The van der Waals surface area contributed by atoms with Gasteiger partial charge in [0.1, 0.15) is 18.4 Å². The normalized spacial score (nSPS) is 29.4. The predicted octanol–water partition coefficient (Wildman–Crippen LogP) is -2.50. The van der Waals surface area contributed by atoms with Crippen molar-refractivity contribution in [1.29, 1.82) is 0 Å². The molecule has 18 heavy (non-hydrogen) atoms. The van der Waals surface area contributed by atoms with Gasteiger partial charge in [0.05, 0.1) is 6.61 Å². The lowest BCUT2D eigenvalue weighted by Crippen LogP contribution is -2.41. The zero-order valence-electron chi connectivity index (χ0n) is 9.52. The number of H-pyrrole nitrogens is 1. The standard InChI is InChI=1S/C10H15N3O5/c11-5-3-8(18-9(5)6(15)4-14)13-2-1-7(16)12-10(13)17/h1-2,5-6,8-9,14-15H,3-4,11H2,(H,12,16,17)/t5-,6+,8+,9?/m0/s1. The van der Waals surface area contributed by atoms with Gasteiger partial charge < -0.3 is 20.7 Å². The third kappa shape index (κ3) is 2.36. The average molecular weight is 257 g/mol. The number of aromatic nitrogens is 2. The fraction of sp³-hybridized carbons (Fsp3) is 0.600. The summed E-state index contributed by atoms with van der Waals surface area (Å²) in [6, 6.07) is 0.711. The van der Waals surface area contributed by atoms with E-state index in [9.17, 15) is 14.7 Å². The molecule has 0 amide bonds. The third-order valence-electron chi connectivity index (χ3n) is 2.94. The fourth-order valence-electron chi connectivity index (χ4n) is 2.02. The van der Waals surface area contributed by atoms with Crippen molar-refractivity contribution in [3.8, 4) is 0 Å². The van der Waals surface area contributed by atoms with Crippen molar-refractivity contribution in [3.63, 3.8) is 0 Å². The second-order valence-electron chi connectivity index (χ2n) is 4.22.